The number of nitrogens with two attached hydrogens (primary N) is 1. The third-order valence-corrected chi connectivity index (χ3v) is 7.00. The minimum atomic E-state index is -3.16. The van der Waals surface area contributed by atoms with Crippen LogP contribution < -0.4 is 10.6 Å². The molecule has 2 aliphatic rings. The molecule has 0 aromatic heterocycles. The average Bonchev–Trinajstić information content (AvgIpc) is 2.61. The minimum absolute atomic E-state index is 0.107. The number of piperidine rings is 1. The lowest BCUT2D eigenvalue weighted by molar-refractivity contribution is -0.123. The second kappa shape index (κ2) is 6.72. The molecule has 0 unspecified atom stereocenters. The van der Waals surface area contributed by atoms with Crippen molar-refractivity contribution in [3.05, 3.63) is 23.8 Å². The first-order valence-electron chi connectivity index (χ1n) is 8.60. The maximum Gasteiger partial charge on any atom is 0.230 e. The Morgan fingerprint density at radius 2 is 1.96 bits per heavy atom. The van der Waals surface area contributed by atoms with Crippen LogP contribution in [0.5, 0.6) is 0 Å². The Kier molecular flexibility index (Phi) is 4.83. The number of sulfonamides is 1. The summed E-state index contributed by atoms with van der Waals surface area (Å²) in [6, 6.07) is 5.72. The number of hydrogen-bond donors (Lipinski definition) is 1. The van der Waals surface area contributed by atoms with E-state index in [1.165, 1.54) is 4.31 Å². The SMILES string of the molecule is CCS(=O)(=O)N1CCC(C(=O)N2CCCc3c(N)cccc32)CC1. The predicted octanol–water partition coefficient (Wildman–Crippen LogP) is 1.61. The Morgan fingerprint density at radius 1 is 1.25 bits per heavy atom. The molecule has 2 N–H and O–H groups in total. The third kappa shape index (κ3) is 3.15. The Bertz CT molecular complexity index is 725. The third-order valence-electron chi connectivity index (χ3n) is 5.11. The highest BCUT2D eigenvalue weighted by atomic mass is 32.2. The zero-order chi connectivity index (χ0) is 17.3. The second-order valence-corrected chi connectivity index (χ2v) is 8.77. The number of rotatable bonds is 3. The average molecular weight is 351 g/mol. The molecule has 0 atom stereocenters. The van der Waals surface area contributed by atoms with Crippen LogP contribution in [0.3, 0.4) is 0 Å². The largest absolute Gasteiger partial charge is 0.398 e. The van der Waals surface area contributed by atoms with Crippen molar-refractivity contribution in [2.75, 3.05) is 36.0 Å². The quantitative estimate of drug-likeness (QED) is 0.839. The van der Waals surface area contributed by atoms with E-state index in [2.05, 4.69) is 0 Å². The summed E-state index contributed by atoms with van der Waals surface area (Å²) in [5, 5.41) is 0. The fraction of sp³-hybridized carbons (Fsp3) is 0.588. The standard InChI is InChI=1S/C17H25N3O3S/c1-2-24(22,23)19-11-8-13(9-12-19)17(21)20-10-4-5-14-15(18)6-3-7-16(14)20/h3,6-7,13H,2,4-5,8-12,18H2,1H3. The van der Waals surface area contributed by atoms with Gasteiger partial charge >= 0.3 is 0 Å². The number of carbonyl (C=O) groups is 1. The van der Waals surface area contributed by atoms with Gasteiger partial charge in [0.2, 0.25) is 15.9 Å². The van der Waals surface area contributed by atoms with Crippen LogP contribution in [0, 0.1) is 5.92 Å². The molecule has 24 heavy (non-hydrogen) atoms. The summed E-state index contributed by atoms with van der Waals surface area (Å²) in [6.45, 7) is 3.23. The minimum Gasteiger partial charge on any atom is -0.398 e. The number of hydrogen-bond acceptors (Lipinski definition) is 4. The number of nitrogen functional groups attached to an aromatic ring is 1. The number of fused-ring (bicyclic) bond motifs is 1. The zero-order valence-electron chi connectivity index (χ0n) is 14.1. The Morgan fingerprint density at radius 3 is 2.62 bits per heavy atom. The monoisotopic (exact) mass is 351 g/mol. The van der Waals surface area contributed by atoms with Gasteiger partial charge in [-0.05, 0) is 50.3 Å². The van der Waals surface area contributed by atoms with Crippen LogP contribution in [0.1, 0.15) is 31.7 Å². The molecule has 132 valence electrons. The van der Waals surface area contributed by atoms with E-state index in [9.17, 15) is 13.2 Å². The molecule has 0 radical (unpaired) electrons. The van der Waals surface area contributed by atoms with Gasteiger partial charge in [0.1, 0.15) is 0 Å². The Hall–Kier alpha value is -1.60. The molecule has 3 rings (SSSR count). The molecular formula is C17H25N3O3S. The molecule has 1 saturated heterocycles. The fourth-order valence-corrected chi connectivity index (χ4v) is 4.80. The first-order chi connectivity index (χ1) is 11.4. The molecule has 1 amide bonds. The van der Waals surface area contributed by atoms with E-state index in [1.807, 2.05) is 23.1 Å². The number of amides is 1. The van der Waals surface area contributed by atoms with Gasteiger partial charge in [-0.1, -0.05) is 6.07 Å². The van der Waals surface area contributed by atoms with E-state index in [0.29, 0.717) is 32.5 Å². The summed E-state index contributed by atoms with van der Waals surface area (Å²) in [5.41, 5.74) is 8.78. The van der Waals surface area contributed by atoms with Crippen molar-refractivity contribution in [3.63, 3.8) is 0 Å². The van der Waals surface area contributed by atoms with Crippen molar-refractivity contribution in [2.24, 2.45) is 5.92 Å². The highest BCUT2D eigenvalue weighted by Crippen LogP contribution is 2.33. The maximum absolute atomic E-state index is 13.0. The summed E-state index contributed by atoms with van der Waals surface area (Å²) in [5.74, 6) is 0.112. The van der Waals surface area contributed by atoms with Crippen LogP contribution in [0.4, 0.5) is 11.4 Å². The van der Waals surface area contributed by atoms with Crippen molar-refractivity contribution in [1.29, 1.82) is 0 Å². The first-order valence-corrected chi connectivity index (χ1v) is 10.2. The molecule has 0 saturated carbocycles. The summed E-state index contributed by atoms with van der Waals surface area (Å²) < 4.78 is 25.4. The van der Waals surface area contributed by atoms with Crippen molar-refractivity contribution in [3.8, 4) is 0 Å². The molecule has 0 bridgehead atoms. The van der Waals surface area contributed by atoms with Crippen LogP contribution in [0.25, 0.3) is 0 Å². The lowest BCUT2D eigenvalue weighted by atomic mass is 9.93. The van der Waals surface area contributed by atoms with Gasteiger partial charge in [-0.2, -0.15) is 0 Å². The molecule has 1 aromatic rings. The van der Waals surface area contributed by atoms with E-state index in [1.54, 1.807) is 6.92 Å². The molecule has 7 heteroatoms. The highest BCUT2D eigenvalue weighted by Gasteiger charge is 2.34. The van der Waals surface area contributed by atoms with Crippen molar-refractivity contribution in [1.82, 2.24) is 4.31 Å². The molecule has 0 aliphatic carbocycles. The van der Waals surface area contributed by atoms with E-state index in [0.717, 1.165) is 29.8 Å². The maximum atomic E-state index is 13.0. The van der Waals surface area contributed by atoms with Gasteiger partial charge in [-0.15, -0.1) is 0 Å². The summed E-state index contributed by atoms with van der Waals surface area (Å²) in [6.07, 6.45) is 2.99. The summed E-state index contributed by atoms with van der Waals surface area (Å²) in [7, 11) is -3.16. The van der Waals surface area contributed by atoms with Crippen LogP contribution >= 0.6 is 0 Å². The number of nitrogens with zero attached hydrogens (tertiary/aromatic N) is 2. The molecule has 0 spiro atoms. The molecule has 1 aromatic carbocycles. The molecule has 2 heterocycles. The summed E-state index contributed by atoms with van der Waals surface area (Å²) in [4.78, 5) is 14.8. The first kappa shape index (κ1) is 17.2. The lowest BCUT2D eigenvalue weighted by Crippen LogP contribution is -2.46. The van der Waals surface area contributed by atoms with Gasteiger partial charge in [-0.25, -0.2) is 12.7 Å². The van der Waals surface area contributed by atoms with E-state index in [4.69, 9.17) is 5.73 Å². The van der Waals surface area contributed by atoms with Gasteiger partial charge in [0.15, 0.2) is 0 Å². The Labute approximate surface area is 143 Å². The van der Waals surface area contributed by atoms with Crippen LogP contribution in [0.2, 0.25) is 0 Å². The van der Waals surface area contributed by atoms with Crippen molar-refractivity contribution >= 4 is 27.3 Å². The molecule has 1 fully saturated rings. The van der Waals surface area contributed by atoms with E-state index in [-0.39, 0.29) is 17.6 Å². The van der Waals surface area contributed by atoms with Gasteiger partial charge < -0.3 is 10.6 Å². The second-order valence-electron chi connectivity index (χ2n) is 6.51. The fourth-order valence-electron chi connectivity index (χ4n) is 3.66. The van der Waals surface area contributed by atoms with Crippen LogP contribution in [-0.4, -0.2) is 44.0 Å². The smallest absolute Gasteiger partial charge is 0.230 e. The van der Waals surface area contributed by atoms with Gasteiger partial charge in [0.05, 0.1) is 5.75 Å². The number of anilines is 2. The van der Waals surface area contributed by atoms with Crippen LogP contribution in [0.15, 0.2) is 18.2 Å². The number of benzene rings is 1. The topological polar surface area (TPSA) is 83.7 Å². The number of carbonyl (C=O) groups excluding carboxylic acids is 1. The predicted molar refractivity (Wildman–Crippen MR) is 95.3 cm³/mol. The van der Waals surface area contributed by atoms with Crippen LogP contribution in [-0.2, 0) is 21.2 Å². The molecule has 2 aliphatic heterocycles. The van der Waals surface area contributed by atoms with Crippen molar-refractivity contribution in [2.45, 2.75) is 32.6 Å². The summed E-state index contributed by atoms with van der Waals surface area (Å²) >= 11 is 0. The van der Waals surface area contributed by atoms with E-state index >= 15 is 0 Å². The van der Waals surface area contributed by atoms with Gasteiger partial charge in [0.25, 0.3) is 0 Å². The Balaban J connectivity index is 1.73. The van der Waals surface area contributed by atoms with Gasteiger partial charge in [-0.3, -0.25) is 4.79 Å². The normalized spacial score (nSPS) is 20.0. The zero-order valence-corrected chi connectivity index (χ0v) is 14.9. The lowest BCUT2D eigenvalue weighted by Gasteiger charge is -2.36. The van der Waals surface area contributed by atoms with Crippen molar-refractivity contribution < 1.29 is 13.2 Å². The van der Waals surface area contributed by atoms with Gasteiger partial charge in [0, 0.05) is 36.9 Å². The highest BCUT2D eigenvalue weighted by molar-refractivity contribution is 7.89. The van der Waals surface area contributed by atoms with E-state index < -0.39 is 10.0 Å². The molecular weight excluding hydrogens is 326 g/mol. The molecule has 6 nitrogen and oxygen atoms in total.